The van der Waals surface area contributed by atoms with E-state index in [1.165, 1.54) is 0 Å². The van der Waals surface area contributed by atoms with Gasteiger partial charge in [0.05, 0.1) is 17.0 Å². The average Bonchev–Trinajstić information content (AvgIpc) is 3.35. The largest absolute Gasteiger partial charge is 0.379 e. The maximum Gasteiger partial charge on any atom is 0.262 e. The summed E-state index contributed by atoms with van der Waals surface area (Å²) in [6.45, 7) is 7.86. The number of carbonyl (C=O) groups is 1. The first-order valence-electron chi connectivity index (χ1n) is 13.2. The molecule has 38 heavy (non-hydrogen) atoms. The molecule has 4 aromatic rings. The highest BCUT2D eigenvalue weighted by Crippen LogP contribution is 2.21. The molecule has 0 atom stereocenters. The summed E-state index contributed by atoms with van der Waals surface area (Å²) in [6.07, 6.45) is 1.59. The molecule has 0 saturated carbocycles. The van der Waals surface area contributed by atoms with Crippen LogP contribution in [0.5, 0.6) is 0 Å². The van der Waals surface area contributed by atoms with Crippen molar-refractivity contribution in [3.63, 3.8) is 0 Å². The summed E-state index contributed by atoms with van der Waals surface area (Å²) in [4.78, 5) is 30.5. The standard InChI is InChI=1S/C28H33ClN6O3/c1-20(2)38-18-6-13-34-27(37)23-9-3-4-10-24(23)35-25(30-31-28(34)35)11-12-26(36)33-16-14-32(15-17-33)22-8-5-7-21(29)19-22/h3-5,7-10,19-20H,6,11-18H2,1-2H3. The fourth-order valence-corrected chi connectivity index (χ4v) is 5.17. The van der Waals surface area contributed by atoms with Gasteiger partial charge < -0.3 is 14.5 Å². The minimum atomic E-state index is -0.0924. The van der Waals surface area contributed by atoms with Gasteiger partial charge in [-0.1, -0.05) is 29.8 Å². The number of halogens is 1. The average molecular weight is 537 g/mol. The predicted octanol–water partition coefficient (Wildman–Crippen LogP) is 3.79. The Morgan fingerprint density at radius 2 is 1.84 bits per heavy atom. The van der Waals surface area contributed by atoms with Crippen LogP contribution >= 0.6 is 11.6 Å². The molecule has 3 heterocycles. The zero-order valence-corrected chi connectivity index (χ0v) is 22.6. The number of ether oxygens (including phenoxy) is 1. The Hall–Kier alpha value is -3.43. The van der Waals surface area contributed by atoms with Crippen molar-refractivity contribution in [2.45, 2.75) is 45.8 Å². The van der Waals surface area contributed by atoms with Crippen LogP contribution in [-0.4, -0.2) is 68.9 Å². The molecule has 10 heteroatoms. The zero-order chi connectivity index (χ0) is 26.6. The van der Waals surface area contributed by atoms with E-state index in [9.17, 15) is 9.59 Å². The van der Waals surface area contributed by atoms with Crippen LogP contribution in [0.3, 0.4) is 0 Å². The molecule has 1 saturated heterocycles. The van der Waals surface area contributed by atoms with Gasteiger partial charge in [-0.05, 0) is 50.6 Å². The van der Waals surface area contributed by atoms with Crippen molar-refractivity contribution in [2.24, 2.45) is 0 Å². The fourth-order valence-electron chi connectivity index (χ4n) is 4.98. The molecule has 2 aromatic carbocycles. The zero-order valence-electron chi connectivity index (χ0n) is 21.8. The van der Waals surface area contributed by atoms with E-state index in [4.69, 9.17) is 16.3 Å². The number of benzene rings is 2. The lowest BCUT2D eigenvalue weighted by Crippen LogP contribution is -2.48. The van der Waals surface area contributed by atoms with Crippen LogP contribution in [0.25, 0.3) is 16.7 Å². The number of amides is 1. The first-order chi connectivity index (χ1) is 18.4. The Bertz CT molecular complexity index is 1490. The van der Waals surface area contributed by atoms with Crippen LogP contribution in [0.1, 0.15) is 32.5 Å². The van der Waals surface area contributed by atoms with Crippen LogP contribution < -0.4 is 10.5 Å². The molecule has 1 fully saturated rings. The maximum atomic E-state index is 13.3. The molecule has 2 aromatic heterocycles. The van der Waals surface area contributed by atoms with Gasteiger partial charge in [0.1, 0.15) is 5.82 Å². The van der Waals surface area contributed by atoms with Crippen molar-refractivity contribution in [3.05, 3.63) is 69.7 Å². The number of rotatable bonds is 9. The summed E-state index contributed by atoms with van der Waals surface area (Å²) in [5, 5.41) is 10.1. The number of aryl methyl sites for hydroxylation is 2. The summed E-state index contributed by atoms with van der Waals surface area (Å²) < 4.78 is 9.25. The summed E-state index contributed by atoms with van der Waals surface area (Å²) in [5.41, 5.74) is 1.74. The highest BCUT2D eigenvalue weighted by molar-refractivity contribution is 6.30. The SMILES string of the molecule is CC(C)OCCCn1c(=O)c2ccccc2n2c(CCC(=O)N3CCN(c4cccc(Cl)c4)CC3)nnc12. The van der Waals surface area contributed by atoms with Gasteiger partial charge in [0.15, 0.2) is 0 Å². The normalized spacial score (nSPS) is 14.2. The molecule has 0 radical (unpaired) electrons. The van der Waals surface area contributed by atoms with Crippen molar-refractivity contribution in [2.75, 3.05) is 37.7 Å². The molecule has 0 aliphatic carbocycles. The quantitative estimate of drug-likeness (QED) is 0.303. The van der Waals surface area contributed by atoms with Gasteiger partial charge in [0.25, 0.3) is 5.56 Å². The summed E-state index contributed by atoms with van der Waals surface area (Å²) >= 11 is 6.14. The summed E-state index contributed by atoms with van der Waals surface area (Å²) in [6, 6.07) is 15.3. The van der Waals surface area contributed by atoms with Crippen LogP contribution in [0, 0.1) is 0 Å². The molecule has 0 unspecified atom stereocenters. The number of hydrogen-bond acceptors (Lipinski definition) is 6. The first kappa shape index (κ1) is 26.2. The third-order valence-electron chi connectivity index (χ3n) is 6.92. The van der Waals surface area contributed by atoms with Gasteiger partial charge in [-0.2, -0.15) is 0 Å². The van der Waals surface area contributed by atoms with Gasteiger partial charge in [0.2, 0.25) is 11.7 Å². The molecule has 1 amide bonds. The van der Waals surface area contributed by atoms with Gasteiger partial charge in [-0.15, -0.1) is 10.2 Å². The van der Waals surface area contributed by atoms with E-state index < -0.39 is 0 Å². The molecule has 0 bridgehead atoms. The Balaban J connectivity index is 1.30. The Kier molecular flexibility index (Phi) is 7.95. The second kappa shape index (κ2) is 11.5. The van der Waals surface area contributed by atoms with Crippen LogP contribution in [0.4, 0.5) is 5.69 Å². The van der Waals surface area contributed by atoms with E-state index in [0.29, 0.717) is 67.5 Å². The first-order valence-corrected chi connectivity index (χ1v) is 13.6. The molecular weight excluding hydrogens is 504 g/mol. The fraction of sp³-hybridized carbons (Fsp3) is 0.429. The van der Waals surface area contributed by atoms with Crippen molar-refractivity contribution in [3.8, 4) is 0 Å². The minimum absolute atomic E-state index is 0.0924. The van der Waals surface area contributed by atoms with E-state index in [1.807, 2.05) is 71.7 Å². The number of hydrogen-bond donors (Lipinski definition) is 0. The van der Waals surface area contributed by atoms with Crippen molar-refractivity contribution in [1.29, 1.82) is 0 Å². The Labute approximate surface area is 226 Å². The van der Waals surface area contributed by atoms with Crippen LogP contribution in [0.15, 0.2) is 53.3 Å². The Morgan fingerprint density at radius 1 is 1.05 bits per heavy atom. The summed E-state index contributed by atoms with van der Waals surface area (Å²) in [7, 11) is 0. The van der Waals surface area contributed by atoms with Gasteiger partial charge >= 0.3 is 0 Å². The van der Waals surface area contributed by atoms with Crippen LogP contribution in [0.2, 0.25) is 5.02 Å². The van der Waals surface area contributed by atoms with E-state index in [-0.39, 0.29) is 17.6 Å². The lowest BCUT2D eigenvalue weighted by molar-refractivity contribution is -0.131. The van der Waals surface area contributed by atoms with Gasteiger partial charge in [0, 0.05) is 62.9 Å². The number of anilines is 1. The lowest BCUT2D eigenvalue weighted by Gasteiger charge is -2.36. The highest BCUT2D eigenvalue weighted by atomic mass is 35.5. The van der Waals surface area contributed by atoms with E-state index in [0.717, 1.165) is 24.3 Å². The molecule has 0 N–H and O–H groups in total. The third-order valence-corrected chi connectivity index (χ3v) is 7.16. The molecule has 1 aliphatic rings. The number of nitrogens with zero attached hydrogens (tertiary/aromatic N) is 6. The predicted molar refractivity (Wildman–Crippen MR) is 149 cm³/mol. The van der Waals surface area contributed by atoms with E-state index in [1.54, 1.807) is 4.57 Å². The van der Waals surface area contributed by atoms with E-state index in [2.05, 4.69) is 15.1 Å². The van der Waals surface area contributed by atoms with Crippen LogP contribution in [-0.2, 0) is 22.5 Å². The number of fused-ring (bicyclic) bond motifs is 3. The molecular formula is C28H33ClN6O3. The number of para-hydroxylation sites is 1. The highest BCUT2D eigenvalue weighted by Gasteiger charge is 2.23. The number of aromatic nitrogens is 4. The smallest absolute Gasteiger partial charge is 0.262 e. The number of piperazine rings is 1. The van der Waals surface area contributed by atoms with Crippen molar-refractivity contribution < 1.29 is 9.53 Å². The van der Waals surface area contributed by atoms with Gasteiger partial charge in [-0.3, -0.25) is 18.6 Å². The van der Waals surface area contributed by atoms with E-state index >= 15 is 0 Å². The second-order valence-corrected chi connectivity index (χ2v) is 10.3. The lowest BCUT2D eigenvalue weighted by atomic mass is 10.2. The molecule has 9 nitrogen and oxygen atoms in total. The van der Waals surface area contributed by atoms with Crippen molar-refractivity contribution in [1.82, 2.24) is 24.1 Å². The molecule has 200 valence electrons. The topological polar surface area (TPSA) is 85.0 Å². The van der Waals surface area contributed by atoms with Gasteiger partial charge in [-0.25, -0.2) is 0 Å². The monoisotopic (exact) mass is 536 g/mol. The van der Waals surface area contributed by atoms with Crippen molar-refractivity contribution >= 4 is 39.9 Å². The number of carbonyl (C=O) groups excluding carboxylic acids is 1. The second-order valence-electron chi connectivity index (χ2n) is 9.85. The Morgan fingerprint density at radius 3 is 2.61 bits per heavy atom. The third kappa shape index (κ3) is 5.54. The summed E-state index contributed by atoms with van der Waals surface area (Å²) in [5.74, 6) is 1.26. The molecule has 1 aliphatic heterocycles. The molecule has 0 spiro atoms. The molecule has 5 rings (SSSR count). The minimum Gasteiger partial charge on any atom is -0.379 e. The maximum absolute atomic E-state index is 13.3.